The second-order valence-electron chi connectivity index (χ2n) is 6.77. The highest BCUT2D eigenvalue weighted by Crippen LogP contribution is 2.32. The Morgan fingerprint density at radius 2 is 2.04 bits per heavy atom. The molecule has 1 aliphatic carbocycles. The number of halogens is 1. The van der Waals surface area contributed by atoms with E-state index in [9.17, 15) is 9.50 Å². The molecule has 2 aromatic heterocycles. The quantitative estimate of drug-likeness (QED) is 0.784. The van der Waals surface area contributed by atoms with Crippen LogP contribution in [0.25, 0.3) is 5.82 Å². The average Bonchev–Trinajstić information content (AvgIpc) is 2.99. The van der Waals surface area contributed by atoms with Gasteiger partial charge in [-0.2, -0.15) is 9.78 Å². The molecule has 6 heteroatoms. The fourth-order valence-electron chi connectivity index (χ4n) is 3.59. The Morgan fingerprint density at radius 3 is 2.81 bits per heavy atom. The van der Waals surface area contributed by atoms with Gasteiger partial charge in [0.2, 0.25) is 5.88 Å². The van der Waals surface area contributed by atoms with Crippen LogP contribution in [0.3, 0.4) is 0 Å². The van der Waals surface area contributed by atoms with E-state index in [4.69, 9.17) is 0 Å². The molecule has 134 valence electrons. The fraction of sp³-hybridized carbons (Fsp3) is 0.300. The Labute approximate surface area is 151 Å². The van der Waals surface area contributed by atoms with Crippen molar-refractivity contribution in [1.82, 2.24) is 19.7 Å². The van der Waals surface area contributed by atoms with E-state index < -0.39 is 5.82 Å². The minimum absolute atomic E-state index is 0.00425. The van der Waals surface area contributed by atoms with Gasteiger partial charge >= 0.3 is 0 Å². The van der Waals surface area contributed by atoms with Gasteiger partial charge in [0, 0.05) is 24.3 Å². The maximum Gasteiger partial charge on any atom is 0.219 e. The maximum atomic E-state index is 14.0. The van der Waals surface area contributed by atoms with E-state index >= 15 is 0 Å². The first kappa shape index (κ1) is 16.7. The Hall–Kier alpha value is -2.73. The molecule has 1 aliphatic rings. The van der Waals surface area contributed by atoms with Gasteiger partial charge in [0.05, 0.1) is 5.69 Å². The van der Waals surface area contributed by atoms with Crippen LogP contribution in [0.4, 0.5) is 4.39 Å². The normalized spacial score (nSPS) is 16.7. The Bertz CT molecular complexity index is 909. The van der Waals surface area contributed by atoms with Gasteiger partial charge in [-0.05, 0) is 44.0 Å². The van der Waals surface area contributed by atoms with Crippen molar-refractivity contribution in [3.05, 3.63) is 71.3 Å². The van der Waals surface area contributed by atoms with E-state index in [1.165, 1.54) is 28.6 Å². The molecule has 0 saturated heterocycles. The third-order valence-electron chi connectivity index (χ3n) is 5.03. The molecule has 1 aromatic carbocycles. The first-order valence-corrected chi connectivity index (χ1v) is 8.78. The molecule has 26 heavy (non-hydrogen) atoms. The molecule has 3 aromatic rings. The van der Waals surface area contributed by atoms with E-state index in [1.807, 2.05) is 18.2 Å². The van der Waals surface area contributed by atoms with Crippen molar-refractivity contribution in [2.24, 2.45) is 0 Å². The molecule has 1 unspecified atom stereocenters. The summed E-state index contributed by atoms with van der Waals surface area (Å²) >= 11 is 0. The molecule has 0 amide bonds. The van der Waals surface area contributed by atoms with Crippen molar-refractivity contribution < 1.29 is 9.50 Å². The molecule has 1 atom stereocenters. The molecule has 0 aliphatic heterocycles. The number of hydrogen-bond acceptors (Lipinski definition) is 4. The number of aromatic nitrogens is 3. The van der Waals surface area contributed by atoms with Gasteiger partial charge in [-0.3, -0.25) is 4.90 Å². The van der Waals surface area contributed by atoms with Gasteiger partial charge in [-0.15, -0.1) is 0 Å². The number of likely N-dealkylation sites (N-methyl/N-ethyl adjacent to an activating group) is 1. The van der Waals surface area contributed by atoms with Crippen LogP contribution in [0.2, 0.25) is 0 Å². The molecule has 5 nitrogen and oxygen atoms in total. The van der Waals surface area contributed by atoms with Crippen molar-refractivity contribution in [2.45, 2.75) is 31.8 Å². The molecule has 0 spiro atoms. The summed E-state index contributed by atoms with van der Waals surface area (Å²) in [4.78, 5) is 6.32. The van der Waals surface area contributed by atoms with Gasteiger partial charge in [-0.1, -0.05) is 30.3 Å². The van der Waals surface area contributed by atoms with Crippen LogP contribution < -0.4 is 0 Å². The molecular weight excluding hydrogens is 331 g/mol. The predicted octanol–water partition coefficient (Wildman–Crippen LogP) is 3.10. The van der Waals surface area contributed by atoms with Gasteiger partial charge in [0.1, 0.15) is 0 Å². The van der Waals surface area contributed by atoms with Gasteiger partial charge in [0.15, 0.2) is 11.6 Å². The molecule has 0 bridgehead atoms. The second-order valence-corrected chi connectivity index (χ2v) is 6.77. The lowest BCUT2D eigenvalue weighted by molar-refractivity contribution is 0.212. The standard InChI is InChI=1S/C20H21FN4O/c1-24(13-14-6-3-2-4-7-14)15-9-10-18-16(12-15)20(26)25(23-18)19-17(21)8-5-11-22-19/h2-8,11,15,26H,9-10,12-13H2,1H3. The van der Waals surface area contributed by atoms with Crippen LogP contribution in [0.15, 0.2) is 48.7 Å². The highest BCUT2D eigenvalue weighted by molar-refractivity contribution is 5.39. The minimum Gasteiger partial charge on any atom is -0.493 e. The van der Waals surface area contributed by atoms with Crippen LogP contribution in [0.1, 0.15) is 23.2 Å². The van der Waals surface area contributed by atoms with Gasteiger partial charge in [0.25, 0.3) is 0 Å². The van der Waals surface area contributed by atoms with Crippen LogP contribution in [-0.2, 0) is 19.4 Å². The van der Waals surface area contributed by atoms with E-state index in [1.54, 1.807) is 0 Å². The van der Waals surface area contributed by atoms with Crippen molar-refractivity contribution in [2.75, 3.05) is 7.05 Å². The van der Waals surface area contributed by atoms with E-state index in [0.717, 1.165) is 30.6 Å². The molecule has 0 fully saturated rings. The second kappa shape index (κ2) is 6.88. The van der Waals surface area contributed by atoms with Gasteiger partial charge in [-0.25, -0.2) is 9.37 Å². The summed E-state index contributed by atoms with van der Waals surface area (Å²) in [6.45, 7) is 0.852. The largest absolute Gasteiger partial charge is 0.493 e. The van der Waals surface area contributed by atoms with E-state index in [0.29, 0.717) is 12.5 Å². The zero-order valence-corrected chi connectivity index (χ0v) is 14.6. The number of hydrogen-bond donors (Lipinski definition) is 1. The Kier molecular flexibility index (Phi) is 4.42. The molecule has 2 heterocycles. The van der Waals surface area contributed by atoms with Crippen LogP contribution >= 0.6 is 0 Å². The minimum atomic E-state index is -0.500. The first-order valence-electron chi connectivity index (χ1n) is 8.78. The van der Waals surface area contributed by atoms with Crippen molar-refractivity contribution in [3.8, 4) is 11.7 Å². The molecule has 0 saturated carbocycles. The number of aromatic hydroxyl groups is 1. The van der Waals surface area contributed by atoms with Crippen LogP contribution in [0, 0.1) is 5.82 Å². The summed E-state index contributed by atoms with van der Waals surface area (Å²) in [7, 11) is 2.10. The SMILES string of the molecule is CN(Cc1ccccc1)C1CCc2nn(-c3ncccc3F)c(O)c2C1. The zero-order valence-electron chi connectivity index (χ0n) is 14.6. The summed E-state index contributed by atoms with van der Waals surface area (Å²) < 4.78 is 15.2. The lowest BCUT2D eigenvalue weighted by Crippen LogP contribution is -2.35. The third-order valence-corrected chi connectivity index (χ3v) is 5.03. The fourth-order valence-corrected chi connectivity index (χ4v) is 3.59. The van der Waals surface area contributed by atoms with Crippen molar-refractivity contribution >= 4 is 0 Å². The number of benzene rings is 1. The summed E-state index contributed by atoms with van der Waals surface area (Å²) in [6, 6.07) is 13.5. The van der Waals surface area contributed by atoms with Gasteiger partial charge < -0.3 is 5.11 Å². The molecule has 0 radical (unpaired) electrons. The van der Waals surface area contributed by atoms with Crippen LogP contribution in [-0.4, -0.2) is 37.9 Å². The lowest BCUT2D eigenvalue weighted by atomic mass is 9.92. The predicted molar refractivity (Wildman–Crippen MR) is 96.7 cm³/mol. The van der Waals surface area contributed by atoms with Crippen molar-refractivity contribution in [1.29, 1.82) is 0 Å². The number of aryl methyl sites for hydroxylation is 1. The van der Waals surface area contributed by atoms with Crippen LogP contribution in [0.5, 0.6) is 5.88 Å². The number of nitrogens with zero attached hydrogens (tertiary/aromatic N) is 4. The first-order chi connectivity index (χ1) is 12.6. The highest BCUT2D eigenvalue weighted by Gasteiger charge is 2.29. The third kappa shape index (κ3) is 3.08. The summed E-state index contributed by atoms with van der Waals surface area (Å²) in [5, 5.41) is 15.0. The van der Waals surface area contributed by atoms with E-state index in [2.05, 4.69) is 34.2 Å². The Morgan fingerprint density at radius 1 is 1.23 bits per heavy atom. The average molecular weight is 352 g/mol. The molecule has 1 N–H and O–H groups in total. The summed E-state index contributed by atoms with van der Waals surface area (Å²) in [5.41, 5.74) is 2.89. The number of pyridine rings is 1. The lowest BCUT2D eigenvalue weighted by Gasteiger charge is -2.30. The van der Waals surface area contributed by atoms with E-state index in [-0.39, 0.29) is 11.7 Å². The molecule has 4 rings (SSSR count). The number of fused-ring (bicyclic) bond motifs is 1. The van der Waals surface area contributed by atoms with Crippen molar-refractivity contribution in [3.63, 3.8) is 0 Å². The Balaban J connectivity index is 1.56. The molecular formula is C20H21FN4O. The summed E-state index contributed by atoms with van der Waals surface area (Å²) in [5.74, 6) is -0.468. The zero-order chi connectivity index (χ0) is 18.1. The maximum absolute atomic E-state index is 14.0. The summed E-state index contributed by atoms with van der Waals surface area (Å²) in [6.07, 6.45) is 3.90. The smallest absolute Gasteiger partial charge is 0.219 e. The highest BCUT2D eigenvalue weighted by atomic mass is 19.1. The number of rotatable bonds is 4. The topological polar surface area (TPSA) is 54.2 Å². The monoisotopic (exact) mass is 352 g/mol.